The predicted molar refractivity (Wildman–Crippen MR) is 79.3 cm³/mol. The zero-order chi connectivity index (χ0) is 13.7. The van der Waals surface area contributed by atoms with Crippen molar-refractivity contribution in [1.82, 2.24) is 4.90 Å². The van der Waals surface area contributed by atoms with Crippen molar-refractivity contribution in [3.8, 4) is 5.75 Å². The maximum Gasteiger partial charge on any atom is 0.123 e. The quantitative estimate of drug-likeness (QED) is 0.886. The molecule has 0 amide bonds. The van der Waals surface area contributed by atoms with Crippen LogP contribution in [0.25, 0.3) is 0 Å². The van der Waals surface area contributed by atoms with E-state index in [0.717, 1.165) is 38.5 Å². The van der Waals surface area contributed by atoms with E-state index >= 15 is 0 Å². The van der Waals surface area contributed by atoms with Gasteiger partial charge in [0.15, 0.2) is 0 Å². The second kappa shape index (κ2) is 6.40. The molecule has 1 aliphatic rings. The first-order valence-electron chi connectivity index (χ1n) is 7.30. The molecule has 1 heterocycles. The van der Waals surface area contributed by atoms with Crippen LogP contribution in [0.3, 0.4) is 0 Å². The van der Waals surface area contributed by atoms with E-state index in [1.54, 1.807) is 0 Å². The van der Waals surface area contributed by atoms with Crippen LogP contribution in [-0.4, -0.2) is 31.1 Å². The average molecular weight is 262 g/mol. The smallest absolute Gasteiger partial charge is 0.123 e. The standard InChI is InChI=1S/C16H26N2O/c1-3-8-16(2,12-17)13-18-9-10-19-15-7-5-4-6-14(15)11-18/h4-7H,3,8-13,17H2,1-2H3. The topological polar surface area (TPSA) is 38.5 Å². The summed E-state index contributed by atoms with van der Waals surface area (Å²) in [6, 6.07) is 8.34. The molecule has 0 radical (unpaired) electrons. The number of rotatable bonds is 5. The lowest BCUT2D eigenvalue weighted by atomic mass is 9.85. The molecule has 3 heteroatoms. The summed E-state index contributed by atoms with van der Waals surface area (Å²) in [5.74, 6) is 1.04. The third kappa shape index (κ3) is 3.71. The van der Waals surface area contributed by atoms with Crippen molar-refractivity contribution in [2.24, 2.45) is 11.1 Å². The third-order valence-electron chi connectivity index (χ3n) is 3.98. The summed E-state index contributed by atoms with van der Waals surface area (Å²) in [6.45, 7) is 9.05. The molecule has 0 bridgehead atoms. The summed E-state index contributed by atoms with van der Waals surface area (Å²) in [6.07, 6.45) is 2.37. The molecule has 106 valence electrons. The van der Waals surface area contributed by atoms with Gasteiger partial charge >= 0.3 is 0 Å². The Hall–Kier alpha value is -1.06. The number of para-hydroxylation sites is 1. The summed E-state index contributed by atoms with van der Waals surface area (Å²) in [7, 11) is 0. The fourth-order valence-corrected chi connectivity index (χ4v) is 2.90. The molecule has 1 aromatic rings. The van der Waals surface area contributed by atoms with Crippen LogP contribution in [0.15, 0.2) is 24.3 Å². The summed E-state index contributed by atoms with van der Waals surface area (Å²) >= 11 is 0. The van der Waals surface area contributed by atoms with Crippen LogP contribution >= 0.6 is 0 Å². The zero-order valence-electron chi connectivity index (χ0n) is 12.2. The number of benzene rings is 1. The second-order valence-electron chi connectivity index (χ2n) is 5.93. The predicted octanol–water partition coefficient (Wildman–Crippen LogP) is 2.65. The largest absolute Gasteiger partial charge is 0.492 e. The Morgan fingerprint density at radius 3 is 2.89 bits per heavy atom. The van der Waals surface area contributed by atoms with Gasteiger partial charge in [-0.05, 0) is 24.4 Å². The molecule has 2 rings (SSSR count). The Morgan fingerprint density at radius 2 is 2.16 bits per heavy atom. The lowest BCUT2D eigenvalue weighted by molar-refractivity contribution is 0.142. The van der Waals surface area contributed by atoms with E-state index in [-0.39, 0.29) is 5.41 Å². The molecule has 0 aromatic heterocycles. The molecule has 1 aliphatic heterocycles. The van der Waals surface area contributed by atoms with E-state index in [0.29, 0.717) is 0 Å². The first-order chi connectivity index (χ1) is 9.17. The van der Waals surface area contributed by atoms with E-state index in [1.807, 2.05) is 6.07 Å². The first-order valence-corrected chi connectivity index (χ1v) is 7.30. The number of ether oxygens (including phenoxy) is 1. The average Bonchev–Trinajstić information content (AvgIpc) is 2.60. The van der Waals surface area contributed by atoms with Crippen molar-refractivity contribution in [2.45, 2.75) is 33.2 Å². The number of nitrogens with two attached hydrogens (primary N) is 1. The molecule has 2 N–H and O–H groups in total. The highest BCUT2D eigenvalue weighted by Gasteiger charge is 2.26. The van der Waals surface area contributed by atoms with Crippen molar-refractivity contribution in [2.75, 3.05) is 26.2 Å². The van der Waals surface area contributed by atoms with Crippen LogP contribution in [0.1, 0.15) is 32.3 Å². The molecule has 1 atom stereocenters. The molecule has 1 aromatic carbocycles. The molecular formula is C16H26N2O. The van der Waals surface area contributed by atoms with Gasteiger partial charge in [-0.3, -0.25) is 4.90 Å². The Labute approximate surface area is 116 Å². The number of nitrogens with zero attached hydrogens (tertiary/aromatic N) is 1. The second-order valence-corrected chi connectivity index (χ2v) is 5.93. The van der Waals surface area contributed by atoms with E-state index in [4.69, 9.17) is 10.5 Å². The van der Waals surface area contributed by atoms with Gasteiger partial charge in [-0.2, -0.15) is 0 Å². The van der Waals surface area contributed by atoms with Gasteiger partial charge in [-0.1, -0.05) is 38.5 Å². The normalized spacial score (nSPS) is 19.1. The molecule has 0 spiro atoms. The molecular weight excluding hydrogens is 236 g/mol. The summed E-state index contributed by atoms with van der Waals surface area (Å²) in [4.78, 5) is 2.48. The monoisotopic (exact) mass is 262 g/mol. The molecule has 19 heavy (non-hydrogen) atoms. The van der Waals surface area contributed by atoms with Crippen molar-refractivity contribution in [3.63, 3.8) is 0 Å². The maximum absolute atomic E-state index is 5.99. The summed E-state index contributed by atoms with van der Waals surface area (Å²) < 4.78 is 5.81. The number of fused-ring (bicyclic) bond motifs is 1. The van der Waals surface area contributed by atoms with Gasteiger partial charge in [0, 0.05) is 25.2 Å². The lowest BCUT2D eigenvalue weighted by Gasteiger charge is -2.33. The van der Waals surface area contributed by atoms with Gasteiger partial charge in [-0.25, -0.2) is 0 Å². The Morgan fingerprint density at radius 1 is 1.37 bits per heavy atom. The van der Waals surface area contributed by atoms with Gasteiger partial charge in [0.25, 0.3) is 0 Å². The molecule has 0 aliphatic carbocycles. The highest BCUT2D eigenvalue weighted by Crippen LogP contribution is 2.27. The third-order valence-corrected chi connectivity index (χ3v) is 3.98. The summed E-state index contributed by atoms with van der Waals surface area (Å²) in [5, 5.41) is 0. The van der Waals surface area contributed by atoms with Crippen LogP contribution in [0, 0.1) is 5.41 Å². The van der Waals surface area contributed by atoms with E-state index < -0.39 is 0 Å². The number of hydrogen-bond acceptors (Lipinski definition) is 3. The SMILES string of the molecule is CCCC(C)(CN)CN1CCOc2ccccc2C1. The minimum absolute atomic E-state index is 0.216. The lowest BCUT2D eigenvalue weighted by Crippen LogP contribution is -2.41. The van der Waals surface area contributed by atoms with Crippen LogP contribution in [0.2, 0.25) is 0 Å². The Kier molecular flexibility index (Phi) is 4.83. The molecule has 3 nitrogen and oxygen atoms in total. The van der Waals surface area contributed by atoms with Gasteiger partial charge in [0.1, 0.15) is 12.4 Å². The maximum atomic E-state index is 5.99. The Balaban J connectivity index is 2.06. The van der Waals surface area contributed by atoms with Crippen LogP contribution in [0.4, 0.5) is 0 Å². The fraction of sp³-hybridized carbons (Fsp3) is 0.625. The highest BCUT2D eigenvalue weighted by molar-refractivity contribution is 5.33. The molecule has 0 saturated heterocycles. The number of hydrogen-bond donors (Lipinski definition) is 1. The first kappa shape index (κ1) is 14.4. The fourth-order valence-electron chi connectivity index (χ4n) is 2.90. The summed E-state index contributed by atoms with van der Waals surface area (Å²) in [5.41, 5.74) is 7.49. The van der Waals surface area contributed by atoms with Gasteiger partial charge in [0.2, 0.25) is 0 Å². The highest BCUT2D eigenvalue weighted by atomic mass is 16.5. The minimum Gasteiger partial charge on any atom is -0.492 e. The van der Waals surface area contributed by atoms with Gasteiger partial charge in [-0.15, -0.1) is 0 Å². The van der Waals surface area contributed by atoms with Crippen molar-refractivity contribution >= 4 is 0 Å². The Bertz CT molecular complexity index is 407. The zero-order valence-corrected chi connectivity index (χ0v) is 12.2. The molecule has 0 fully saturated rings. The van der Waals surface area contributed by atoms with E-state index in [9.17, 15) is 0 Å². The molecule has 0 saturated carbocycles. The van der Waals surface area contributed by atoms with Crippen LogP contribution < -0.4 is 10.5 Å². The minimum atomic E-state index is 0.216. The van der Waals surface area contributed by atoms with Crippen LogP contribution in [0.5, 0.6) is 5.75 Å². The van der Waals surface area contributed by atoms with Crippen LogP contribution in [-0.2, 0) is 6.54 Å². The van der Waals surface area contributed by atoms with Gasteiger partial charge in [0.05, 0.1) is 0 Å². The van der Waals surface area contributed by atoms with Crippen molar-refractivity contribution < 1.29 is 4.74 Å². The van der Waals surface area contributed by atoms with Crippen molar-refractivity contribution in [3.05, 3.63) is 29.8 Å². The molecule has 1 unspecified atom stereocenters. The van der Waals surface area contributed by atoms with Crippen molar-refractivity contribution in [1.29, 1.82) is 0 Å². The van der Waals surface area contributed by atoms with E-state index in [1.165, 1.54) is 18.4 Å². The van der Waals surface area contributed by atoms with E-state index in [2.05, 4.69) is 36.9 Å². The van der Waals surface area contributed by atoms with Gasteiger partial charge < -0.3 is 10.5 Å².